The van der Waals surface area contributed by atoms with Crippen LogP contribution >= 0.6 is 0 Å². The average molecular weight is 626 g/mol. The Morgan fingerprint density at radius 1 is 1.02 bits per heavy atom. The molecule has 244 valence electrons. The van der Waals surface area contributed by atoms with E-state index in [0.29, 0.717) is 31.1 Å². The van der Waals surface area contributed by atoms with Crippen molar-refractivity contribution in [3.63, 3.8) is 0 Å². The topological polar surface area (TPSA) is 101 Å². The Morgan fingerprint density at radius 2 is 1.72 bits per heavy atom. The fourth-order valence-corrected chi connectivity index (χ4v) is 9.10. The second-order valence-electron chi connectivity index (χ2n) is 14.3. The number of amides is 4. The molecule has 0 radical (unpaired) electrons. The van der Waals surface area contributed by atoms with Crippen LogP contribution in [-0.4, -0.2) is 83.5 Å². The lowest BCUT2D eigenvalue weighted by Crippen LogP contribution is -2.60. The minimum Gasteiger partial charge on any atom is -0.497 e. The van der Waals surface area contributed by atoms with Gasteiger partial charge in [0, 0.05) is 73.8 Å². The van der Waals surface area contributed by atoms with Crippen molar-refractivity contribution < 1.29 is 19.1 Å². The third-order valence-electron chi connectivity index (χ3n) is 11.3. The van der Waals surface area contributed by atoms with Gasteiger partial charge in [0.1, 0.15) is 5.75 Å². The van der Waals surface area contributed by atoms with Gasteiger partial charge in [-0.15, -0.1) is 0 Å². The molecular weight excluding hydrogens is 578 g/mol. The van der Waals surface area contributed by atoms with Crippen molar-refractivity contribution in [3.8, 4) is 17.0 Å². The monoisotopic (exact) mass is 625 g/mol. The molecule has 1 aromatic heterocycles. The number of urea groups is 1. The second-order valence-corrected chi connectivity index (χ2v) is 14.3. The Hall–Kier alpha value is -4.01. The zero-order valence-corrected chi connectivity index (χ0v) is 27.8. The lowest BCUT2D eigenvalue weighted by atomic mass is 9.85. The number of hydrogen-bond donors (Lipinski definition) is 1. The van der Waals surface area contributed by atoms with Gasteiger partial charge in [0.05, 0.1) is 18.2 Å². The quantitative estimate of drug-likeness (QED) is 0.335. The number of rotatable bonds is 8. The first-order chi connectivity index (χ1) is 22.1. The minimum atomic E-state index is -0.613. The van der Waals surface area contributed by atoms with Crippen LogP contribution in [0.25, 0.3) is 22.2 Å². The number of benzene rings is 2. The molecule has 4 atom stereocenters. The highest BCUT2D eigenvalue weighted by Gasteiger charge is 2.65. The first-order valence-corrected chi connectivity index (χ1v) is 17.1. The van der Waals surface area contributed by atoms with E-state index in [4.69, 9.17) is 10.5 Å². The summed E-state index contributed by atoms with van der Waals surface area (Å²) in [7, 11) is 5.27. The summed E-state index contributed by atoms with van der Waals surface area (Å²) < 4.78 is 8.10. The molecule has 3 aliphatic heterocycles. The molecule has 2 saturated heterocycles. The highest BCUT2D eigenvalue weighted by atomic mass is 16.5. The third-order valence-corrected chi connectivity index (χ3v) is 11.3. The number of ether oxygens (including phenoxy) is 1. The summed E-state index contributed by atoms with van der Waals surface area (Å²) in [6, 6.07) is 12.3. The molecule has 1 aliphatic carbocycles. The van der Waals surface area contributed by atoms with Crippen molar-refractivity contribution in [2.75, 3.05) is 34.3 Å². The fourth-order valence-electron chi connectivity index (χ4n) is 9.10. The smallest absolute Gasteiger partial charge is 0.319 e. The van der Waals surface area contributed by atoms with Gasteiger partial charge in [-0.1, -0.05) is 32.8 Å². The molecule has 2 bridgehead atoms. The molecule has 9 nitrogen and oxygen atoms in total. The number of primary amides is 1. The molecule has 3 fully saturated rings. The zero-order chi connectivity index (χ0) is 32.5. The minimum absolute atomic E-state index is 0.0110. The summed E-state index contributed by atoms with van der Waals surface area (Å²) >= 11 is 0. The lowest BCUT2D eigenvalue weighted by molar-refractivity contribution is -0.143. The van der Waals surface area contributed by atoms with Gasteiger partial charge in [-0.25, -0.2) is 4.79 Å². The zero-order valence-electron chi connectivity index (χ0n) is 27.8. The van der Waals surface area contributed by atoms with Crippen LogP contribution < -0.4 is 10.5 Å². The van der Waals surface area contributed by atoms with Crippen molar-refractivity contribution in [2.45, 2.75) is 89.3 Å². The van der Waals surface area contributed by atoms with E-state index in [1.807, 2.05) is 23.1 Å². The van der Waals surface area contributed by atoms with E-state index >= 15 is 4.79 Å². The third kappa shape index (κ3) is 4.60. The molecule has 0 spiro atoms. The summed E-state index contributed by atoms with van der Waals surface area (Å²) in [5, 5.41) is 1.14. The van der Waals surface area contributed by atoms with E-state index < -0.39 is 11.3 Å². The van der Waals surface area contributed by atoms with Crippen LogP contribution in [0.5, 0.6) is 5.75 Å². The molecule has 7 rings (SSSR count). The summed E-state index contributed by atoms with van der Waals surface area (Å²) in [6.07, 6.45) is 6.87. The highest BCUT2D eigenvalue weighted by Crippen LogP contribution is 2.66. The van der Waals surface area contributed by atoms with Gasteiger partial charge in [0.25, 0.3) is 0 Å². The van der Waals surface area contributed by atoms with Crippen molar-refractivity contribution in [1.29, 1.82) is 0 Å². The molecule has 4 heterocycles. The Labute approximate surface area is 271 Å². The highest BCUT2D eigenvalue weighted by molar-refractivity contribution is 6.01. The maximum atomic E-state index is 15.1. The molecule has 1 saturated carbocycles. The molecule has 4 amide bonds. The van der Waals surface area contributed by atoms with Crippen LogP contribution in [0.3, 0.4) is 0 Å². The SMILES string of the molecule is CCCC(CCC)c1c2n(c3cc(C(N)=O)ccc13)CC1(C(=O)N3[C@@H]4CC[C@H]3CN(C(=O)N(C)C)C4)CC1c1cc(OC)ccc1-2. The lowest BCUT2D eigenvalue weighted by Gasteiger charge is -2.43. The number of methoxy groups -OCH3 is 1. The molecule has 2 aromatic carbocycles. The van der Waals surface area contributed by atoms with Crippen molar-refractivity contribution >= 4 is 28.7 Å². The molecule has 46 heavy (non-hydrogen) atoms. The largest absolute Gasteiger partial charge is 0.497 e. The van der Waals surface area contributed by atoms with Crippen LogP contribution in [0.1, 0.15) is 92.1 Å². The van der Waals surface area contributed by atoms with Gasteiger partial charge in [0.2, 0.25) is 11.8 Å². The maximum absolute atomic E-state index is 15.1. The Morgan fingerprint density at radius 3 is 2.33 bits per heavy atom. The Bertz CT molecular complexity index is 1710. The predicted octanol–water partition coefficient (Wildman–Crippen LogP) is 5.94. The van der Waals surface area contributed by atoms with Gasteiger partial charge < -0.3 is 29.7 Å². The van der Waals surface area contributed by atoms with Crippen molar-refractivity contribution in [2.24, 2.45) is 11.1 Å². The van der Waals surface area contributed by atoms with E-state index in [1.165, 1.54) is 16.8 Å². The maximum Gasteiger partial charge on any atom is 0.319 e. The number of piperazine rings is 1. The summed E-state index contributed by atoms with van der Waals surface area (Å²) in [5.41, 5.74) is 11.5. The number of carbonyl (C=O) groups is 3. The molecular formula is C37H47N5O4. The van der Waals surface area contributed by atoms with E-state index in [2.05, 4.69) is 41.5 Å². The fraction of sp³-hybridized carbons (Fsp3) is 0.541. The number of aromatic nitrogens is 1. The second kappa shape index (κ2) is 11.4. The molecule has 4 aliphatic rings. The first kappa shape index (κ1) is 30.6. The predicted molar refractivity (Wildman–Crippen MR) is 179 cm³/mol. The van der Waals surface area contributed by atoms with Gasteiger partial charge in [-0.3, -0.25) is 9.59 Å². The van der Waals surface area contributed by atoms with Gasteiger partial charge in [-0.05, 0) is 79.5 Å². The van der Waals surface area contributed by atoms with Gasteiger partial charge in [-0.2, -0.15) is 0 Å². The van der Waals surface area contributed by atoms with Gasteiger partial charge >= 0.3 is 6.03 Å². The number of carbonyl (C=O) groups excluding carboxylic acids is 3. The van der Waals surface area contributed by atoms with Crippen LogP contribution in [0.15, 0.2) is 36.4 Å². The van der Waals surface area contributed by atoms with E-state index in [9.17, 15) is 9.59 Å². The summed E-state index contributed by atoms with van der Waals surface area (Å²) in [6.45, 7) is 6.18. The molecule has 3 aromatic rings. The van der Waals surface area contributed by atoms with E-state index in [0.717, 1.165) is 67.2 Å². The first-order valence-electron chi connectivity index (χ1n) is 17.1. The van der Waals surface area contributed by atoms with Crippen LogP contribution in [0, 0.1) is 5.41 Å². The number of hydrogen-bond acceptors (Lipinski definition) is 4. The van der Waals surface area contributed by atoms with Crippen LogP contribution in [-0.2, 0) is 11.3 Å². The number of fused-ring (bicyclic) bond motifs is 9. The van der Waals surface area contributed by atoms with E-state index in [1.54, 1.807) is 26.1 Å². The van der Waals surface area contributed by atoms with Gasteiger partial charge in [0.15, 0.2) is 0 Å². The van der Waals surface area contributed by atoms with Crippen LogP contribution in [0.4, 0.5) is 4.79 Å². The standard InChI is InChI=1S/C37H47N5O4/c1-6-8-22(9-7-2)32-28-14-10-23(34(38)43)16-31(28)41-21-37(18-30(37)29-17-26(46-5)13-15-27(29)33(32)41)35(44)42-24-11-12-25(42)20-40(19-24)36(45)39(3)4/h10,13-17,22,24-25,30H,6-9,11-12,18-21H2,1-5H3,(H2,38,43)/t24-,25+,30?,37?. The number of likely N-dealkylation sites (tertiary alicyclic amines) is 1. The molecule has 2 N–H and O–H groups in total. The van der Waals surface area contributed by atoms with E-state index in [-0.39, 0.29) is 29.9 Å². The summed E-state index contributed by atoms with van der Waals surface area (Å²) in [5.74, 6) is 0.958. The van der Waals surface area contributed by atoms with Crippen LogP contribution in [0.2, 0.25) is 0 Å². The summed E-state index contributed by atoms with van der Waals surface area (Å²) in [4.78, 5) is 46.1. The van der Waals surface area contributed by atoms with Crippen molar-refractivity contribution in [1.82, 2.24) is 19.3 Å². The Balaban J connectivity index is 1.40. The van der Waals surface area contributed by atoms with Crippen molar-refractivity contribution in [3.05, 3.63) is 53.1 Å². The Kier molecular flexibility index (Phi) is 7.56. The molecule has 9 heteroatoms. The average Bonchev–Trinajstić information content (AvgIpc) is 3.64. The number of nitrogens with two attached hydrogens (primary N) is 1. The number of nitrogens with zero attached hydrogens (tertiary/aromatic N) is 4. The molecule has 2 unspecified atom stereocenters. The normalized spacial score (nSPS) is 24.3.